The van der Waals surface area contributed by atoms with Gasteiger partial charge in [-0.15, -0.1) is 0 Å². The van der Waals surface area contributed by atoms with Crippen LogP contribution in [-0.4, -0.2) is 12.6 Å². The normalized spacial score (nSPS) is 14.4. The van der Waals surface area contributed by atoms with Crippen LogP contribution in [0.1, 0.15) is 31.1 Å². The summed E-state index contributed by atoms with van der Waals surface area (Å²) in [5, 5.41) is 3.46. The number of hydrogen-bond acceptors (Lipinski definition) is 3. The zero-order valence-electron chi connectivity index (χ0n) is 12.3. The summed E-state index contributed by atoms with van der Waals surface area (Å²) >= 11 is 0. The Morgan fingerprint density at radius 2 is 2.14 bits per heavy atom. The Balaban J connectivity index is 1.64. The molecule has 0 saturated heterocycles. The number of para-hydroxylation sites is 1. The molecule has 1 aliphatic carbocycles. The average Bonchev–Trinajstić information content (AvgIpc) is 3.22. The van der Waals surface area contributed by atoms with E-state index in [1.807, 2.05) is 17.9 Å². The predicted molar refractivity (Wildman–Crippen MR) is 81.7 cm³/mol. The number of nitrogens with one attached hydrogen (secondary N) is 1. The lowest BCUT2D eigenvalue weighted by atomic mass is 10.2. The van der Waals surface area contributed by atoms with Gasteiger partial charge in [-0.1, -0.05) is 12.1 Å². The number of benzene rings is 1. The van der Waals surface area contributed by atoms with Crippen LogP contribution < -0.4 is 10.2 Å². The van der Waals surface area contributed by atoms with E-state index in [1.165, 1.54) is 18.9 Å². The fourth-order valence-electron chi connectivity index (χ4n) is 2.42. The highest BCUT2D eigenvalue weighted by Gasteiger charge is 2.20. The van der Waals surface area contributed by atoms with Crippen LogP contribution in [0.5, 0.6) is 0 Å². The molecule has 21 heavy (non-hydrogen) atoms. The molecule has 3 rings (SSSR count). The first-order chi connectivity index (χ1) is 10.3. The Labute approximate surface area is 124 Å². The van der Waals surface area contributed by atoms with E-state index in [9.17, 15) is 4.39 Å². The van der Waals surface area contributed by atoms with Gasteiger partial charge in [-0.2, -0.15) is 0 Å². The Morgan fingerprint density at radius 3 is 2.86 bits per heavy atom. The lowest BCUT2D eigenvalue weighted by Crippen LogP contribution is -2.22. The van der Waals surface area contributed by atoms with Crippen molar-refractivity contribution in [3.05, 3.63) is 53.7 Å². The maximum absolute atomic E-state index is 13.9. The molecule has 3 nitrogen and oxygen atoms in total. The van der Waals surface area contributed by atoms with Gasteiger partial charge in [0.05, 0.1) is 18.5 Å². The summed E-state index contributed by atoms with van der Waals surface area (Å²) in [6.07, 6.45) is 4.35. The van der Waals surface area contributed by atoms with E-state index < -0.39 is 0 Å². The summed E-state index contributed by atoms with van der Waals surface area (Å²) in [4.78, 5) is 1.98. The molecule has 1 aromatic heterocycles. The lowest BCUT2D eigenvalue weighted by molar-refractivity contribution is 0.498. The van der Waals surface area contributed by atoms with Crippen LogP contribution >= 0.6 is 0 Å². The molecule has 1 saturated carbocycles. The van der Waals surface area contributed by atoms with Crippen LogP contribution in [0.2, 0.25) is 0 Å². The molecule has 4 heteroatoms. The molecule has 1 fully saturated rings. The fourth-order valence-corrected chi connectivity index (χ4v) is 2.42. The minimum absolute atomic E-state index is 0.193. The van der Waals surface area contributed by atoms with Crippen LogP contribution in [0.25, 0.3) is 0 Å². The molecule has 0 aliphatic heterocycles. The maximum atomic E-state index is 13.9. The van der Waals surface area contributed by atoms with Crippen molar-refractivity contribution in [3.63, 3.8) is 0 Å². The van der Waals surface area contributed by atoms with E-state index in [2.05, 4.69) is 11.4 Å². The zero-order chi connectivity index (χ0) is 14.7. The lowest BCUT2D eigenvalue weighted by Gasteiger charge is -2.22. The van der Waals surface area contributed by atoms with Gasteiger partial charge in [-0.05, 0) is 38.0 Å². The molecule has 1 aliphatic rings. The SMILES string of the molecule is CCN(Cc1cc(CNC2CC2)co1)c1ccccc1F. The minimum Gasteiger partial charge on any atom is -0.467 e. The third-order valence-corrected chi connectivity index (χ3v) is 3.80. The van der Waals surface area contributed by atoms with Crippen LogP contribution in [0, 0.1) is 5.82 Å². The van der Waals surface area contributed by atoms with Gasteiger partial charge in [0.25, 0.3) is 0 Å². The van der Waals surface area contributed by atoms with Gasteiger partial charge in [-0.3, -0.25) is 0 Å². The smallest absolute Gasteiger partial charge is 0.146 e. The highest BCUT2D eigenvalue weighted by atomic mass is 19.1. The predicted octanol–water partition coefficient (Wildman–Crippen LogP) is 3.70. The van der Waals surface area contributed by atoms with E-state index >= 15 is 0 Å². The van der Waals surface area contributed by atoms with E-state index in [4.69, 9.17) is 4.42 Å². The van der Waals surface area contributed by atoms with E-state index in [1.54, 1.807) is 18.4 Å². The van der Waals surface area contributed by atoms with Crippen LogP contribution in [-0.2, 0) is 13.1 Å². The topological polar surface area (TPSA) is 28.4 Å². The molecule has 0 atom stereocenters. The molecule has 1 heterocycles. The van der Waals surface area contributed by atoms with Gasteiger partial charge in [0.15, 0.2) is 0 Å². The number of rotatable bonds is 7. The summed E-state index contributed by atoms with van der Waals surface area (Å²) in [6.45, 7) is 4.18. The van der Waals surface area contributed by atoms with Gasteiger partial charge < -0.3 is 14.6 Å². The first-order valence-corrected chi connectivity index (χ1v) is 7.55. The molecule has 2 aromatic rings. The molecule has 0 amide bonds. The fraction of sp³-hybridized carbons (Fsp3) is 0.412. The molecule has 112 valence electrons. The van der Waals surface area contributed by atoms with Crippen molar-refractivity contribution >= 4 is 5.69 Å². The summed E-state index contributed by atoms with van der Waals surface area (Å²) < 4.78 is 19.5. The maximum Gasteiger partial charge on any atom is 0.146 e. The Hall–Kier alpha value is -1.81. The van der Waals surface area contributed by atoms with Crippen molar-refractivity contribution in [2.24, 2.45) is 0 Å². The first-order valence-electron chi connectivity index (χ1n) is 7.55. The number of anilines is 1. The molecule has 0 radical (unpaired) electrons. The Kier molecular flexibility index (Phi) is 4.25. The number of halogens is 1. The molecule has 0 bridgehead atoms. The highest BCUT2D eigenvalue weighted by molar-refractivity contribution is 5.47. The number of hydrogen-bond donors (Lipinski definition) is 1. The molecule has 0 unspecified atom stereocenters. The van der Waals surface area contributed by atoms with E-state index in [0.717, 1.165) is 24.4 Å². The van der Waals surface area contributed by atoms with Gasteiger partial charge in [0, 0.05) is 24.7 Å². The van der Waals surface area contributed by atoms with E-state index in [-0.39, 0.29) is 5.82 Å². The summed E-state index contributed by atoms with van der Waals surface area (Å²) in [6, 6.07) is 9.60. The zero-order valence-corrected chi connectivity index (χ0v) is 12.3. The second kappa shape index (κ2) is 6.31. The van der Waals surface area contributed by atoms with Gasteiger partial charge in [0.1, 0.15) is 11.6 Å². The summed E-state index contributed by atoms with van der Waals surface area (Å²) in [5.41, 5.74) is 1.77. The monoisotopic (exact) mass is 288 g/mol. The van der Waals surface area contributed by atoms with Crippen LogP contribution in [0.3, 0.4) is 0 Å². The number of nitrogens with zero attached hydrogens (tertiary/aromatic N) is 1. The summed E-state index contributed by atoms with van der Waals surface area (Å²) in [7, 11) is 0. The Bertz CT molecular complexity index is 592. The Morgan fingerprint density at radius 1 is 1.33 bits per heavy atom. The van der Waals surface area contributed by atoms with Gasteiger partial charge >= 0.3 is 0 Å². The molecule has 0 spiro atoms. The van der Waals surface area contributed by atoms with Gasteiger partial charge in [-0.25, -0.2) is 4.39 Å². The molecule has 1 aromatic carbocycles. The summed E-state index contributed by atoms with van der Waals surface area (Å²) in [5.74, 6) is 0.675. The van der Waals surface area contributed by atoms with Crippen LogP contribution in [0.4, 0.5) is 10.1 Å². The molecule has 1 N–H and O–H groups in total. The minimum atomic E-state index is -0.193. The molecular weight excluding hydrogens is 267 g/mol. The quantitative estimate of drug-likeness (QED) is 0.842. The third kappa shape index (κ3) is 3.64. The van der Waals surface area contributed by atoms with Gasteiger partial charge in [0.2, 0.25) is 0 Å². The highest BCUT2D eigenvalue weighted by Crippen LogP contribution is 2.22. The number of furan rings is 1. The average molecular weight is 288 g/mol. The molecular formula is C17H21FN2O. The largest absolute Gasteiger partial charge is 0.467 e. The van der Waals surface area contributed by atoms with Crippen molar-refractivity contribution in [2.45, 2.75) is 38.9 Å². The van der Waals surface area contributed by atoms with Crippen molar-refractivity contribution in [3.8, 4) is 0 Å². The van der Waals surface area contributed by atoms with Crippen molar-refractivity contribution < 1.29 is 8.81 Å². The second-order valence-electron chi connectivity index (χ2n) is 5.54. The van der Waals surface area contributed by atoms with Crippen LogP contribution in [0.15, 0.2) is 41.0 Å². The second-order valence-corrected chi connectivity index (χ2v) is 5.54. The van der Waals surface area contributed by atoms with Crippen molar-refractivity contribution in [2.75, 3.05) is 11.4 Å². The van der Waals surface area contributed by atoms with Crippen molar-refractivity contribution in [1.29, 1.82) is 0 Å². The first kappa shape index (κ1) is 14.1. The van der Waals surface area contributed by atoms with Crippen molar-refractivity contribution in [1.82, 2.24) is 5.32 Å². The van der Waals surface area contributed by atoms with E-state index in [0.29, 0.717) is 18.3 Å². The standard InChI is InChI=1S/C17H21FN2O/c1-2-20(17-6-4-3-5-16(17)18)11-15-9-13(12-21-15)10-19-14-7-8-14/h3-6,9,12,14,19H,2,7-8,10-11H2,1H3. The third-order valence-electron chi connectivity index (χ3n) is 3.80.